The van der Waals surface area contributed by atoms with Gasteiger partial charge in [0.2, 0.25) is 0 Å². The van der Waals surface area contributed by atoms with Crippen molar-refractivity contribution in [3.05, 3.63) is 0 Å². The normalized spacial score (nSPS) is 48.5. The summed E-state index contributed by atoms with van der Waals surface area (Å²) in [5.74, 6) is 2.22. The van der Waals surface area contributed by atoms with Crippen LogP contribution in [0.3, 0.4) is 0 Å². The van der Waals surface area contributed by atoms with Crippen LogP contribution in [0, 0.1) is 34.5 Å². The lowest BCUT2D eigenvalue weighted by Crippen LogP contribution is -2.56. The molecule has 5 aliphatic rings. The molecule has 0 bridgehead atoms. The Morgan fingerprint density at radius 1 is 1.00 bits per heavy atom. The summed E-state index contributed by atoms with van der Waals surface area (Å²) in [6.07, 6.45) is 11.8. The third kappa shape index (κ3) is 3.79. The van der Waals surface area contributed by atoms with Crippen LogP contribution < -0.4 is 5.73 Å². The Kier molecular flexibility index (Phi) is 6.68. The second-order valence-corrected chi connectivity index (χ2v) is 11.7. The van der Waals surface area contributed by atoms with Gasteiger partial charge in [0.1, 0.15) is 11.9 Å². The molecule has 180 valence electrons. The monoisotopic (exact) mass is 465 g/mol. The number of rotatable bonds is 2. The van der Waals surface area contributed by atoms with Gasteiger partial charge >= 0.3 is 0 Å². The fourth-order valence-corrected chi connectivity index (χ4v) is 8.18. The smallest absolute Gasteiger partial charge is 0.139 e. The molecule has 0 amide bonds. The highest BCUT2D eigenvalue weighted by molar-refractivity contribution is 5.96. The van der Waals surface area contributed by atoms with Gasteiger partial charge in [-0.1, -0.05) is 24.2 Å². The van der Waals surface area contributed by atoms with Gasteiger partial charge in [-0.2, -0.15) is 0 Å². The molecule has 0 heterocycles. The molecular weight excluding hydrogens is 426 g/mol. The first-order valence-corrected chi connectivity index (χ1v) is 12.6. The first-order chi connectivity index (χ1) is 14.8. The zero-order valence-corrected chi connectivity index (χ0v) is 20.4. The number of oxime groups is 2. The van der Waals surface area contributed by atoms with Crippen LogP contribution in [0.2, 0.25) is 0 Å². The van der Waals surface area contributed by atoms with Gasteiger partial charge in [0.25, 0.3) is 0 Å². The van der Waals surface area contributed by atoms with E-state index in [0.29, 0.717) is 29.6 Å². The molecule has 6 atom stereocenters. The maximum absolute atomic E-state index is 12.7. The van der Waals surface area contributed by atoms with Crippen molar-refractivity contribution in [2.45, 2.75) is 103 Å². The summed E-state index contributed by atoms with van der Waals surface area (Å²) in [4.78, 5) is 18.6. The summed E-state index contributed by atoms with van der Waals surface area (Å²) in [5.41, 5.74) is 8.03. The van der Waals surface area contributed by atoms with Crippen LogP contribution in [0.5, 0.6) is 0 Å². The van der Waals surface area contributed by atoms with Crippen LogP contribution in [-0.4, -0.2) is 34.6 Å². The van der Waals surface area contributed by atoms with Crippen molar-refractivity contribution >= 4 is 29.6 Å². The summed E-state index contributed by atoms with van der Waals surface area (Å²) in [6.45, 7) is 4.62. The van der Waals surface area contributed by atoms with E-state index >= 15 is 0 Å². The summed E-state index contributed by atoms with van der Waals surface area (Å²) >= 11 is 0. The number of hydrogen-bond donors (Lipinski definition) is 2. The van der Waals surface area contributed by atoms with Crippen LogP contribution in [-0.2, 0) is 9.63 Å². The predicted molar refractivity (Wildman–Crippen MR) is 127 cm³/mol. The minimum absolute atomic E-state index is 0. The fourth-order valence-electron chi connectivity index (χ4n) is 8.18. The van der Waals surface area contributed by atoms with Crippen molar-refractivity contribution in [1.82, 2.24) is 0 Å². The molecule has 32 heavy (non-hydrogen) atoms. The Labute approximate surface area is 198 Å². The number of halogens is 1. The number of nitrogens with two attached hydrogens (primary N) is 1. The number of carbonyl (C=O) groups excluding carboxylic acids is 1. The molecule has 5 saturated carbocycles. The van der Waals surface area contributed by atoms with Gasteiger partial charge in [0.05, 0.1) is 11.4 Å². The van der Waals surface area contributed by atoms with Crippen molar-refractivity contribution < 1.29 is 14.8 Å². The first kappa shape index (κ1) is 24.0. The Morgan fingerprint density at radius 3 is 2.47 bits per heavy atom. The van der Waals surface area contributed by atoms with Crippen molar-refractivity contribution in [1.29, 1.82) is 0 Å². The van der Waals surface area contributed by atoms with Gasteiger partial charge in [0.15, 0.2) is 0 Å². The molecule has 0 aromatic heterocycles. The second kappa shape index (κ2) is 8.90. The SMILES string of the molecule is C[C@]12CCC(=NO[C@H]3CC[C@@H](N)CC3)CC1C(=NO)C[C@@H]1[C@@H]2CC[C@]2(C)C(=O)CC[C@@H]12.Cl. The van der Waals surface area contributed by atoms with Gasteiger partial charge in [-0.3, -0.25) is 4.79 Å². The molecule has 0 aliphatic heterocycles. The Bertz CT molecular complexity index is 793. The van der Waals surface area contributed by atoms with E-state index in [4.69, 9.17) is 10.6 Å². The van der Waals surface area contributed by atoms with Gasteiger partial charge in [-0.05, 0) is 93.8 Å². The fraction of sp³-hybridized carbons (Fsp3) is 0.880. The molecular formula is C25H40ClN3O3. The molecule has 1 unspecified atom stereocenters. The topological polar surface area (TPSA) is 97.3 Å². The number of hydrogen-bond acceptors (Lipinski definition) is 6. The predicted octanol–water partition coefficient (Wildman–Crippen LogP) is 5.10. The molecule has 0 saturated heterocycles. The molecule has 5 rings (SSSR count). The van der Waals surface area contributed by atoms with Crippen LogP contribution >= 0.6 is 12.4 Å². The van der Waals surface area contributed by atoms with E-state index in [1.807, 2.05) is 0 Å². The largest absolute Gasteiger partial charge is 0.411 e. The Balaban J connectivity index is 0.00000245. The average Bonchev–Trinajstić information content (AvgIpc) is 3.07. The zero-order chi connectivity index (χ0) is 21.8. The third-order valence-corrected chi connectivity index (χ3v) is 10.2. The minimum Gasteiger partial charge on any atom is -0.411 e. The summed E-state index contributed by atoms with van der Waals surface area (Å²) in [6, 6.07) is 0.314. The van der Waals surface area contributed by atoms with E-state index in [9.17, 15) is 10.0 Å². The van der Waals surface area contributed by atoms with Crippen molar-refractivity contribution in [2.75, 3.05) is 0 Å². The van der Waals surface area contributed by atoms with Crippen molar-refractivity contribution in [2.24, 2.45) is 50.5 Å². The van der Waals surface area contributed by atoms with Gasteiger partial charge in [-0.25, -0.2) is 0 Å². The molecule has 7 heteroatoms. The summed E-state index contributed by atoms with van der Waals surface area (Å²) in [7, 11) is 0. The van der Waals surface area contributed by atoms with E-state index in [2.05, 4.69) is 24.2 Å². The number of nitrogens with zero attached hydrogens (tertiary/aromatic N) is 2. The third-order valence-electron chi connectivity index (χ3n) is 10.2. The van der Waals surface area contributed by atoms with Gasteiger partial charge in [0, 0.05) is 23.8 Å². The van der Waals surface area contributed by atoms with Gasteiger partial charge in [-0.15, -0.1) is 12.4 Å². The minimum atomic E-state index is -0.150. The van der Waals surface area contributed by atoms with E-state index < -0.39 is 0 Å². The van der Waals surface area contributed by atoms with Crippen molar-refractivity contribution in [3.63, 3.8) is 0 Å². The van der Waals surface area contributed by atoms with Crippen molar-refractivity contribution in [3.8, 4) is 0 Å². The Hall–Kier alpha value is -1.14. The number of Topliss-reactive ketones (excluding diaryl/α,β-unsaturated/α-hetero) is 1. The number of fused-ring (bicyclic) bond motifs is 5. The van der Waals surface area contributed by atoms with Crippen LogP contribution in [0.4, 0.5) is 0 Å². The maximum atomic E-state index is 12.7. The quantitative estimate of drug-likeness (QED) is 0.437. The molecule has 6 nitrogen and oxygen atoms in total. The first-order valence-electron chi connectivity index (χ1n) is 12.6. The Morgan fingerprint density at radius 2 is 1.75 bits per heavy atom. The highest BCUT2D eigenvalue weighted by Gasteiger charge is 2.61. The van der Waals surface area contributed by atoms with Crippen LogP contribution in [0.15, 0.2) is 10.3 Å². The molecule has 3 N–H and O–H groups in total. The molecule has 5 fully saturated rings. The molecule has 0 radical (unpaired) electrons. The lowest BCUT2D eigenvalue weighted by molar-refractivity contribution is -0.133. The number of ketones is 1. The molecule has 5 aliphatic carbocycles. The highest BCUT2D eigenvalue weighted by Crippen LogP contribution is 2.64. The van der Waals surface area contributed by atoms with E-state index in [1.54, 1.807) is 0 Å². The lowest BCUT2D eigenvalue weighted by atomic mass is 9.45. The van der Waals surface area contributed by atoms with Crippen LogP contribution in [0.1, 0.15) is 90.9 Å². The van der Waals surface area contributed by atoms with E-state index in [1.165, 1.54) is 0 Å². The van der Waals surface area contributed by atoms with E-state index in [0.717, 1.165) is 88.5 Å². The standard InChI is InChI=1S/C25H39N3O3.ClH/c1-24-11-9-16(28-31-17-5-3-15(26)4-6-17)13-21(24)22(27-30)14-18-19-7-8-23(29)25(19,2)12-10-20(18)24;/h15,17-21,30H,3-14,26H2,1-2H3;1H/t15-,17+,18-,19-,20-,21?,24+,25-;/m0./s1. The molecule has 0 spiro atoms. The van der Waals surface area contributed by atoms with Gasteiger partial charge < -0.3 is 15.8 Å². The average molecular weight is 466 g/mol. The summed E-state index contributed by atoms with van der Waals surface area (Å²) < 4.78 is 0. The lowest BCUT2D eigenvalue weighted by Gasteiger charge is -2.59. The molecule has 0 aromatic rings. The summed E-state index contributed by atoms with van der Waals surface area (Å²) in [5, 5.41) is 18.4. The zero-order valence-electron chi connectivity index (χ0n) is 19.6. The maximum Gasteiger partial charge on any atom is 0.139 e. The van der Waals surface area contributed by atoms with E-state index in [-0.39, 0.29) is 35.3 Å². The molecule has 0 aromatic carbocycles. The highest BCUT2D eigenvalue weighted by atomic mass is 35.5. The second-order valence-electron chi connectivity index (χ2n) is 11.7. The number of carbonyl (C=O) groups is 1. The van der Waals surface area contributed by atoms with Crippen LogP contribution in [0.25, 0.3) is 0 Å².